The van der Waals surface area contributed by atoms with Crippen LogP contribution in [0.3, 0.4) is 0 Å². The van der Waals surface area contributed by atoms with Crippen LogP contribution in [0.25, 0.3) is 22.6 Å². The molecule has 0 atom stereocenters. The Bertz CT molecular complexity index is 1060. The number of oxazole rings is 1. The predicted octanol–water partition coefficient (Wildman–Crippen LogP) is 5.43. The molecule has 4 rings (SSSR count). The second-order valence-electron chi connectivity index (χ2n) is 5.90. The van der Waals surface area contributed by atoms with E-state index < -0.39 is 0 Å². The van der Waals surface area contributed by atoms with Gasteiger partial charge in [0.05, 0.1) is 4.88 Å². The molecule has 25 heavy (non-hydrogen) atoms. The van der Waals surface area contributed by atoms with Crippen LogP contribution < -0.4 is 5.32 Å². The summed E-state index contributed by atoms with van der Waals surface area (Å²) in [6, 6.07) is 15.3. The molecule has 2 aromatic heterocycles. The number of nitrogens with zero attached hydrogens (tertiary/aromatic N) is 1. The number of amides is 1. The molecular weight excluding hydrogens is 332 g/mol. The van der Waals surface area contributed by atoms with Crippen LogP contribution >= 0.6 is 11.3 Å². The monoisotopic (exact) mass is 348 g/mol. The van der Waals surface area contributed by atoms with Crippen LogP contribution in [0.2, 0.25) is 0 Å². The quantitative estimate of drug-likeness (QED) is 0.537. The highest BCUT2D eigenvalue weighted by Gasteiger charge is 2.13. The molecule has 0 fully saturated rings. The van der Waals surface area contributed by atoms with Crippen LogP contribution in [-0.4, -0.2) is 10.9 Å². The van der Waals surface area contributed by atoms with E-state index in [2.05, 4.69) is 10.3 Å². The van der Waals surface area contributed by atoms with Gasteiger partial charge in [-0.05, 0) is 60.7 Å². The lowest BCUT2D eigenvalue weighted by Gasteiger charge is -2.08. The molecular formula is C20H16N2O2S. The number of carbonyl (C=O) groups is 1. The fourth-order valence-corrected chi connectivity index (χ4v) is 3.36. The third-order valence-corrected chi connectivity index (χ3v) is 4.96. The smallest absolute Gasteiger partial charge is 0.265 e. The van der Waals surface area contributed by atoms with Gasteiger partial charge in [-0.25, -0.2) is 4.98 Å². The molecule has 124 valence electrons. The number of anilines is 1. The molecule has 0 aliphatic carbocycles. The summed E-state index contributed by atoms with van der Waals surface area (Å²) in [7, 11) is 0. The summed E-state index contributed by atoms with van der Waals surface area (Å²) < 4.78 is 5.87. The molecule has 0 spiro atoms. The number of aromatic nitrogens is 1. The van der Waals surface area contributed by atoms with E-state index in [1.165, 1.54) is 11.3 Å². The third kappa shape index (κ3) is 2.94. The fourth-order valence-electron chi connectivity index (χ4n) is 2.74. The molecule has 5 heteroatoms. The van der Waals surface area contributed by atoms with Gasteiger partial charge in [0.2, 0.25) is 5.89 Å². The Labute approximate surface area is 149 Å². The van der Waals surface area contributed by atoms with Gasteiger partial charge in [0.1, 0.15) is 5.52 Å². The van der Waals surface area contributed by atoms with Gasteiger partial charge >= 0.3 is 0 Å². The van der Waals surface area contributed by atoms with E-state index in [-0.39, 0.29) is 5.91 Å². The minimum atomic E-state index is -0.0941. The fraction of sp³-hybridized carbons (Fsp3) is 0.100. The minimum absolute atomic E-state index is 0.0941. The molecule has 0 aliphatic heterocycles. The zero-order chi connectivity index (χ0) is 17.4. The summed E-state index contributed by atoms with van der Waals surface area (Å²) in [5.74, 6) is 0.492. The van der Waals surface area contributed by atoms with Crippen molar-refractivity contribution >= 4 is 34.0 Å². The number of benzene rings is 2. The van der Waals surface area contributed by atoms with Gasteiger partial charge in [0.15, 0.2) is 5.58 Å². The van der Waals surface area contributed by atoms with Crippen molar-refractivity contribution in [3.05, 3.63) is 69.9 Å². The highest BCUT2D eigenvalue weighted by atomic mass is 32.1. The van der Waals surface area contributed by atoms with Gasteiger partial charge < -0.3 is 9.73 Å². The van der Waals surface area contributed by atoms with Crippen molar-refractivity contribution in [2.75, 3.05) is 5.32 Å². The highest BCUT2D eigenvalue weighted by molar-refractivity contribution is 7.12. The summed E-state index contributed by atoms with van der Waals surface area (Å²) in [6.45, 7) is 3.98. The summed E-state index contributed by atoms with van der Waals surface area (Å²) >= 11 is 1.42. The molecule has 0 radical (unpaired) electrons. The summed E-state index contributed by atoms with van der Waals surface area (Å²) in [5.41, 5.74) is 5.38. The minimum Gasteiger partial charge on any atom is -0.436 e. The summed E-state index contributed by atoms with van der Waals surface area (Å²) in [4.78, 5) is 17.5. The molecule has 4 nitrogen and oxygen atoms in total. The standard InChI is InChI=1S/C20H16N2O2S/c1-12-5-3-6-16-18(12)22-20(24-16)14-8-9-15(13(2)11-14)21-19(23)17-7-4-10-25-17/h3-11H,1-2H3,(H,21,23). The number of rotatable bonds is 3. The first-order valence-electron chi connectivity index (χ1n) is 7.94. The van der Waals surface area contributed by atoms with E-state index in [1.807, 2.05) is 67.8 Å². The van der Waals surface area contributed by atoms with Crippen molar-refractivity contribution in [1.82, 2.24) is 4.98 Å². The number of carbonyl (C=O) groups excluding carboxylic acids is 1. The van der Waals surface area contributed by atoms with Crippen LogP contribution in [0.4, 0.5) is 5.69 Å². The van der Waals surface area contributed by atoms with Crippen molar-refractivity contribution in [2.24, 2.45) is 0 Å². The van der Waals surface area contributed by atoms with Gasteiger partial charge in [-0.2, -0.15) is 0 Å². The van der Waals surface area contributed by atoms with Crippen LogP contribution in [-0.2, 0) is 0 Å². The van der Waals surface area contributed by atoms with Crippen LogP contribution in [0.1, 0.15) is 20.8 Å². The Balaban J connectivity index is 1.64. The Kier molecular flexibility index (Phi) is 3.86. The first-order valence-corrected chi connectivity index (χ1v) is 8.82. The maximum absolute atomic E-state index is 12.2. The van der Waals surface area contributed by atoms with Gasteiger partial charge in [-0.15, -0.1) is 11.3 Å². The lowest BCUT2D eigenvalue weighted by atomic mass is 10.1. The first kappa shape index (κ1) is 15.6. The van der Waals surface area contributed by atoms with Gasteiger partial charge in [-0.3, -0.25) is 4.79 Å². The summed E-state index contributed by atoms with van der Waals surface area (Å²) in [5, 5.41) is 4.84. The zero-order valence-corrected chi connectivity index (χ0v) is 14.7. The number of hydrogen-bond acceptors (Lipinski definition) is 4. The van der Waals surface area contributed by atoms with Gasteiger partial charge in [-0.1, -0.05) is 18.2 Å². The van der Waals surface area contributed by atoms with Gasteiger partial charge in [0, 0.05) is 11.3 Å². The highest BCUT2D eigenvalue weighted by Crippen LogP contribution is 2.29. The molecule has 0 saturated heterocycles. The van der Waals surface area contributed by atoms with Crippen LogP contribution in [0.5, 0.6) is 0 Å². The Hall–Kier alpha value is -2.92. The molecule has 2 aromatic carbocycles. The van der Waals surface area contributed by atoms with Crippen molar-refractivity contribution in [1.29, 1.82) is 0 Å². The van der Waals surface area contributed by atoms with Crippen molar-refractivity contribution in [2.45, 2.75) is 13.8 Å². The van der Waals surface area contributed by atoms with E-state index in [4.69, 9.17) is 4.42 Å². The predicted molar refractivity (Wildman–Crippen MR) is 101 cm³/mol. The maximum atomic E-state index is 12.2. The van der Waals surface area contributed by atoms with Crippen LogP contribution in [0.15, 0.2) is 58.3 Å². The topological polar surface area (TPSA) is 55.1 Å². The lowest BCUT2D eigenvalue weighted by molar-refractivity contribution is 0.103. The second-order valence-corrected chi connectivity index (χ2v) is 6.85. The van der Waals surface area contributed by atoms with Gasteiger partial charge in [0.25, 0.3) is 5.91 Å². The molecule has 2 heterocycles. The molecule has 1 N–H and O–H groups in total. The Morgan fingerprint density at radius 1 is 1.08 bits per heavy atom. The largest absolute Gasteiger partial charge is 0.436 e. The number of nitrogens with one attached hydrogen (secondary N) is 1. The first-order chi connectivity index (χ1) is 12.1. The normalized spacial score (nSPS) is 11.0. The Morgan fingerprint density at radius 3 is 2.68 bits per heavy atom. The zero-order valence-electron chi connectivity index (χ0n) is 13.9. The second kappa shape index (κ2) is 6.18. The van der Waals surface area contributed by atoms with Crippen molar-refractivity contribution in [3.63, 3.8) is 0 Å². The summed E-state index contributed by atoms with van der Waals surface area (Å²) in [6.07, 6.45) is 0. The average molecular weight is 348 g/mol. The maximum Gasteiger partial charge on any atom is 0.265 e. The number of para-hydroxylation sites is 1. The average Bonchev–Trinajstić information content (AvgIpc) is 3.26. The molecule has 1 amide bonds. The molecule has 0 unspecified atom stereocenters. The molecule has 0 aliphatic rings. The van der Waals surface area contributed by atoms with E-state index in [0.717, 1.165) is 33.5 Å². The van der Waals surface area contributed by atoms with E-state index in [0.29, 0.717) is 10.8 Å². The SMILES string of the molecule is Cc1cc(-c2nc3c(C)cccc3o2)ccc1NC(=O)c1cccs1. The molecule has 0 saturated carbocycles. The molecule has 4 aromatic rings. The molecule has 0 bridgehead atoms. The van der Waals surface area contributed by atoms with E-state index in [9.17, 15) is 4.79 Å². The van der Waals surface area contributed by atoms with Crippen molar-refractivity contribution in [3.8, 4) is 11.5 Å². The van der Waals surface area contributed by atoms with E-state index >= 15 is 0 Å². The van der Waals surface area contributed by atoms with Crippen molar-refractivity contribution < 1.29 is 9.21 Å². The Morgan fingerprint density at radius 2 is 1.96 bits per heavy atom. The van der Waals surface area contributed by atoms with Crippen LogP contribution in [0, 0.1) is 13.8 Å². The number of hydrogen-bond donors (Lipinski definition) is 1. The lowest BCUT2D eigenvalue weighted by Crippen LogP contribution is -2.11. The number of aryl methyl sites for hydroxylation is 2. The third-order valence-electron chi connectivity index (χ3n) is 4.09. The van der Waals surface area contributed by atoms with E-state index in [1.54, 1.807) is 0 Å². The number of thiophene rings is 1. The number of fused-ring (bicyclic) bond motifs is 1.